The van der Waals surface area contributed by atoms with Crippen LogP contribution in [0.5, 0.6) is 0 Å². The molecule has 98 valence electrons. The molecule has 18 heavy (non-hydrogen) atoms. The number of fused-ring (bicyclic) bond motifs is 1. The minimum atomic E-state index is 0.837. The topological polar surface area (TPSA) is 29.3 Å². The number of nitrogens with two attached hydrogens (primary N) is 1. The van der Waals surface area contributed by atoms with Crippen LogP contribution in [0.3, 0.4) is 0 Å². The van der Waals surface area contributed by atoms with Crippen LogP contribution in [-0.2, 0) is 6.54 Å². The molecule has 1 aromatic carbocycles. The number of anilines is 1. The fourth-order valence-corrected chi connectivity index (χ4v) is 3.87. The number of nitrogen functional groups attached to an aromatic ring is 1. The van der Waals surface area contributed by atoms with Gasteiger partial charge in [-0.25, -0.2) is 0 Å². The minimum Gasteiger partial charge on any atom is -0.398 e. The summed E-state index contributed by atoms with van der Waals surface area (Å²) >= 11 is 3.46. The fraction of sp³-hybridized carbons (Fsp3) is 0.600. The standard InChI is InChI=1S/C15H21BrN2/c16-13-6-5-11(9-14(13)17)10-18-8-7-12-3-1-2-4-15(12)18/h5-6,9,12,15H,1-4,7-8,10,17H2. The van der Waals surface area contributed by atoms with Gasteiger partial charge in [-0.3, -0.25) is 4.90 Å². The highest BCUT2D eigenvalue weighted by Gasteiger charge is 2.35. The predicted molar refractivity (Wildman–Crippen MR) is 79.3 cm³/mol. The summed E-state index contributed by atoms with van der Waals surface area (Å²) in [6, 6.07) is 7.21. The molecule has 0 amide bonds. The molecule has 1 aromatic rings. The Kier molecular flexibility index (Phi) is 3.62. The first kappa shape index (κ1) is 12.5. The zero-order valence-corrected chi connectivity index (χ0v) is 12.3. The summed E-state index contributed by atoms with van der Waals surface area (Å²) in [6.07, 6.45) is 7.11. The van der Waals surface area contributed by atoms with Crippen molar-refractivity contribution < 1.29 is 0 Å². The van der Waals surface area contributed by atoms with Crippen LogP contribution in [0.15, 0.2) is 22.7 Å². The molecule has 2 nitrogen and oxygen atoms in total. The molecule has 1 saturated heterocycles. The maximum atomic E-state index is 5.96. The largest absolute Gasteiger partial charge is 0.398 e. The molecule has 1 aliphatic carbocycles. The molecule has 1 saturated carbocycles. The average molecular weight is 309 g/mol. The second kappa shape index (κ2) is 5.22. The maximum Gasteiger partial charge on any atom is 0.0461 e. The van der Waals surface area contributed by atoms with Crippen molar-refractivity contribution in [1.82, 2.24) is 4.90 Å². The van der Waals surface area contributed by atoms with Crippen LogP contribution in [-0.4, -0.2) is 17.5 Å². The van der Waals surface area contributed by atoms with Crippen molar-refractivity contribution in [2.45, 2.75) is 44.7 Å². The Morgan fingerprint density at radius 3 is 2.89 bits per heavy atom. The van der Waals surface area contributed by atoms with Crippen molar-refractivity contribution in [2.75, 3.05) is 12.3 Å². The first-order chi connectivity index (χ1) is 8.74. The van der Waals surface area contributed by atoms with Gasteiger partial charge in [0.15, 0.2) is 0 Å². The van der Waals surface area contributed by atoms with Gasteiger partial charge in [0.1, 0.15) is 0 Å². The number of benzene rings is 1. The number of hydrogen-bond acceptors (Lipinski definition) is 2. The van der Waals surface area contributed by atoms with Gasteiger partial charge in [0.05, 0.1) is 0 Å². The normalized spacial score (nSPS) is 28.3. The number of nitrogens with zero attached hydrogens (tertiary/aromatic N) is 1. The van der Waals surface area contributed by atoms with Crippen molar-refractivity contribution in [3.63, 3.8) is 0 Å². The van der Waals surface area contributed by atoms with E-state index in [0.717, 1.165) is 28.7 Å². The van der Waals surface area contributed by atoms with Gasteiger partial charge in [0.25, 0.3) is 0 Å². The van der Waals surface area contributed by atoms with Crippen molar-refractivity contribution in [3.8, 4) is 0 Å². The van der Waals surface area contributed by atoms with Crippen LogP contribution in [0, 0.1) is 5.92 Å². The molecule has 3 rings (SSSR count). The molecule has 3 heteroatoms. The lowest BCUT2D eigenvalue weighted by atomic mass is 9.85. The quantitative estimate of drug-likeness (QED) is 0.842. The second-order valence-electron chi connectivity index (χ2n) is 5.73. The Balaban J connectivity index is 1.70. The predicted octanol–water partition coefficient (Wildman–Crippen LogP) is 3.80. The Morgan fingerprint density at radius 1 is 1.22 bits per heavy atom. The second-order valence-corrected chi connectivity index (χ2v) is 6.58. The lowest BCUT2D eigenvalue weighted by molar-refractivity contribution is 0.176. The fourth-order valence-electron chi connectivity index (χ4n) is 3.63. The van der Waals surface area contributed by atoms with Crippen LogP contribution in [0.1, 0.15) is 37.7 Å². The van der Waals surface area contributed by atoms with Gasteiger partial charge in [-0.15, -0.1) is 0 Å². The summed E-state index contributed by atoms with van der Waals surface area (Å²) in [5.41, 5.74) is 8.16. The van der Waals surface area contributed by atoms with Gasteiger partial charge in [0.2, 0.25) is 0 Å². The van der Waals surface area contributed by atoms with E-state index in [0.29, 0.717) is 0 Å². The highest BCUT2D eigenvalue weighted by atomic mass is 79.9. The zero-order chi connectivity index (χ0) is 12.5. The third-order valence-corrected chi connectivity index (χ3v) is 5.29. The Labute approximate surface area is 118 Å². The molecule has 2 N–H and O–H groups in total. The number of hydrogen-bond donors (Lipinski definition) is 1. The van der Waals surface area contributed by atoms with Gasteiger partial charge in [-0.05, 0) is 65.4 Å². The van der Waals surface area contributed by atoms with E-state index >= 15 is 0 Å². The van der Waals surface area contributed by atoms with Crippen LogP contribution in [0.4, 0.5) is 5.69 Å². The molecule has 0 spiro atoms. The Morgan fingerprint density at radius 2 is 2.06 bits per heavy atom. The minimum absolute atomic E-state index is 0.837. The van der Waals surface area contributed by atoms with E-state index in [1.807, 2.05) is 0 Å². The van der Waals surface area contributed by atoms with E-state index in [4.69, 9.17) is 5.73 Å². The number of likely N-dealkylation sites (tertiary alicyclic amines) is 1. The molecule has 0 radical (unpaired) electrons. The van der Waals surface area contributed by atoms with Crippen LogP contribution in [0.2, 0.25) is 0 Å². The highest BCUT2D eigenvalue weighted by Crippen LogP contribution is 2.37. The third kappa shape index (κ3) is 2.43. The number of rotatable bonds is 2. The lowest BCUT2D eigenvalue weighted by Crippen LogP contribution is -2.34. The third-order valence-electron chi connectivity index (χ3n) is 4.57. The van der Waals surface area contributed by atoms with Crippen LogP contribution in [0.25, 0.3) is 0 Å². The molecule has 1 heterocycles. The van der Waals surface area contributed by atoms with E-state index in [-0.39, 0.29) is 0 Å². The van der Waals surface area contributed by atoms with Crippen molar-refractivity contribution in [3.05, 3.63) is 28.2 Å². The molecular weight excluding hydrogens is 288 g/mol. The molecular formula is C15H21BrN2. The first-order valence-electron chi connectivity index (χ1n) is 7.02. The van der Waals surface area contributed by atoms with Gasteiger partial charge in [-0.1, -0.05) is 18.9 Å². The Bertz CT molecular complexity index is 433. The van der Waals surface area contributed by atoms with E-state index in [2.05, 4.69) is 39.0 Å². The van der Waals surface area contributed by atoms with Crippen molar-refractivity contribution in [1.29, 1.82) is 0 Å². The molecule has 0 bridgehead atoms. The maximum absolute atomic E-state index is 5.96. The number of halogens is 1. The van der Waals surface area contributed by atoms with Crippen LogP contribution >= 0.6 is 15.9 Å². The van der Waals surface area contributed by atoms with Gasteiger partial charge >= 0.3 is 0 Å². The molecule has 1 aliphatic heterocycles. The van der Waals surface area contributed by atoms with E-state index in [1.54, 1.807) is 0 Å². The molecule has 2 atom stereocenters. The smallest absolute Gasteiger partial charge is 0.0461 e. The van der Waals surface area contributed by atoms with Gasteiger partial charge in [-0.2, -0.15) is 0 Å². The summed E-state index contributed by atoms with van der Waals surface area (Å²) in [7, 11) is 0. The van der Waals surface area contributed by atoms with Gasteiger partial charge < -0.3 is 5.73 Å². The van der Waals surface area contributed by atoms with Crippen molar-refractivity contribution >= 4 is 21.6 Å². The Hall–Kier alpha value is -0.540. The SMILES string of the molecule is Nc1cc(CN2CCC3CCCCC32)ccc1Br. The monoisotopic (exact) mass is 308 g/mol. The van der Waals surface area contributed by atoms with Crippen molar-refractivity contribution in [2.24, 2.45) is 5.92 Å². The van der Waals surface area contributed by atoms with Gasteiger partial charge in [0, 0.05) is 22.7 Å². The molecule has 0 aromatic heterocycles. The summed E-state index contributed by atoms with van der Waals surface area (Å²) in [6.45, 7) is 2.34. The lowest BCUT2D eigenvalue weighted by Gasteiger charge is -2.31. The summed E-state index contributed by atoms with van der Waals surface area (Å²) in [5, 5.41) is 0. The summed E-state index contributed by atoms with van der Waals surface area (Å²) in [4.78, 5) is 2.67. The van der Waals surface area contributed by atoms with E-state index in [1.165, 1.54) is 44.2 Å². The summed E-state index contributed by atoms with van der Waals surface area (Å²) < 4.78 is 1.00. The van der Waals surface area contributed by atoms with Crippen LogP contribution < -0.4 is 5.73 Å². The summed E-state index contributed by atoms with van der Waals surface area (Å²) in [5.74, 6) is 0.964. The zero-order valence-electron chi connectivity index (χ0n) is 10.7. The van der Waals surface area contributed by atoms with E-state index < -0.39 is 0 Å². The highest BCUT2D eigenvalue weighted by molar-refractivity contribution is 9.10. The molecule has 2 aliphatic rings. The molecule has 2 fully saturated rings. The molecule has 2 unspecified atom stereocenters. The first-order valence-corrected chi connectivity index (χ1v) is 7.81. The van der Waals surface area contributed by atoms with E-state index in [9.17, 15) is 0 Å². The average Bonchev–Trinajstić information content (AvgIpc) is 2.78.